The minimum atomic E-state index is -1.17. The molecule has 0 radical (unpaired) electrons. The second kappa shape index (κ2) is 6.51. The van der Waals surface area contributed by atoms with Crippen LogP contribution in [0.1, 0.15) is 10.5 Å². The number of nitrogens with zero attached hydrogens (tertiary/aromatic N) is 4. The highest BCUT2D eigenvalue weighted by atomic mass is 16.6. The van der Waals surface area contributed by atoms with Gasteiger partial charge in [0.25, 0.3) is 0 Å². The van der Waals surface area contributed by atoms with Gasteiger partial charge >= 0.3 is 12.1 Å². The van der Waals surface area contributed by atoms with Gasteiger partial charge in [-0.2, -0.15) is 0 Å². The summed E-state index contributed by atoms with van der Waals surface area (Å²) in [6.45, 7) is 0.470. The summed E-state index contributed by atoms with van der Waals surface area (Å²) in [6.07, 6.45) is 0.283. The van der Waals surface area contributed by atoms with Crippen molar-refractivity contribution in [1.29, 1.82) is 0 Å². The molecule has 3 heterocycles. The molecule has 0 aliphatic carbocycles. The van der Waals surface area contributed by atoms with Crippen molar-refractivity contribution in [3.8, 4) is 23.0 Å². The number of carbonyl (C=O) groups excluding carboxylic acids is 1. The van der Waals surface area contributed by atoms with Gasteiger partial charge in [-0.3, -0.25) is 4.90 Å². The SMILES string of the molecule is O=C(O)c1cn(C[C@H]2CN(c3ccc4c(c3)Oc3ccccc3O4)C(=O)O2)nn1. The number of hydrogen-bond donors (Lipinski definition) is 1. The van der Waals surface area contributed by atoms with Gasteiger partial charge < -0.3 is 19.3 Å². The van der Waals surface area contributed by atoms with Gasteiger partial charge in [-0.25, -0.2) is 14.3 Å². The molecule has 1 fully saturated rings. The number of benzene rings is 2. The predicted octanol–water partition coefficient (Wildman–Crippen LogP) is 2.90. The Balaban J connectivity index is 1.32. The largest absolute Gasteiger partial charge is 0.476 e. The molecule has 10 heteroatoms. The zero-order valence-electron chi connectivity index (χ0n) is 14.9. The van der Waals surface area contributed by atoms with E-state index < -0.39 is 18.2 Å². The van der Waals surface area contributed by atoms with E-state index >= 15 is 0 Å². The lowest BCUT2D eigenvalue weighted by Gasteiger charge is -2.22. The molecule has 0 saturated carbocycles. The Kier molecular flexibility index (Phi) is 3.83. The van der Waals surface area contributed by atoms with Crippen molar-refractivity contribution in [2.24, 2.45) is 0 Å². The van der Waals surface area contributed by atoms with Crippen molar-refractivity contribution in [2.75, 3.05) is 11.4 Å². The molecule has 0 unspecified atom stereocenters. The van der Waals surface area contributed by atoms with Crippen LogP contribution in [0, 0.1) is 0 Å². The van der Waals surface area contributed by atoms with Crippen LogP contribution in [0.3, 0.4) is 0 Å². The van der Waals surface area contributed by atoms with Crippen LogP contribution in [-0.4, -0.2) is 44.8 Å². The third-order valence-corrected chi connectivity index (χ3v) is 4.55. The van der Waals surface area contributed by atoms with E-state index in [0.717, 1.165) is 0 Å². The highest BCUT2D eigenvalue weighted by Crippen LogP contribution is 2.46. The maximum atomic E-state index is 12.3. The number of carboxylic acid groups (broad SMARTS) is 1. The first kappa shape index (κ1) is 17.0. The van der Waals surface area contributed by atoms with E-state index in [2.05, 4.69) is 10.3 Å². The van der Waals surface area contributed by atoms with E-state index in [0.29, 0.717) is 28.7 Å². The summed E-state index contributed by atoms with van der Waals surface area (Å²) in [5.74, 6) is 1.11. The van der Waals surface area contributed by atoms with Crippen LogP contribution in [0.25, 0.3) is 0 Å². The third kappa shape index (κ3) is 3.10. The molecule has 29 heavy (non-hydrogen) atoms. The Labute approximate surface area is 163 Å². The topological polar surface area (TPSA) is 116 Å². The molecule has 5 rings (SSSR count). The smallest absolute Gasteiger partial charge is 0.414 e. The number of anilines is 1. The first-order valence-corrected chi connectivity index (χ1v) is 8.77. The number of cyclic esters (lactones) is 1. The summed E-state index contributed by atoms with van der Waals surface area (Å²) in [4.78, 5) is 24.7. The monoisotopic (exact) mass is 394 g/mol. The Morgan fingerprint density at radius 3 is 2.55 bits per heavy atom. The van der Waals surface area contributed by atoms with Crippen molar-refractivity contribution >= 4 is 17.7 Å². The molecule has 0 bridgehead atoms. The maximum absolute atomic E-state index is 12.3. The van der Waals surface area contributed by atoms with E-state index in [1.54, 1.807) is 24.3 Å². The molecule has 3 aromatic rings. The standard InChI is InChI=1S/C19H14N4O6/c24-18(25)13-10-22(21-20-13)8-12-9-23(19(26)27-12)11-5-6-16-17(7-11)29-15-4-2-1-3-14(15)28-16/h1-7,10,12H,8-9H2,(H,24,25)/t12-/m0/s1. The van der Waals surface area contributed by atoms with Crippen molar-refractivity contribution in [2.45, 2.75) is 12.6 Å². The molecule has 1 aromatic heterocycles. The zero-order valence-corrected chi connectivity index (χ0v) is 14.9. The van der Waals surface area contributed by atoms with Gasteiger partial charge in [0.1, 0.15) is 6.10 Å². The minimum absolute atomic E-state index is 0.168. The van der Waals surface area contributed by atoms with Gasteiger partial charge in [-0.15, -0.1) is 5.10 Å². The fourth-order valence-electron chi connectivity index (χ4n) is 3.21. The Morgan fingerprint density at radius 1 is 1.10 bits per heavy atom. The van der Waals surface area contributed by atoms with Crippen LogP contribution in [0.2, 0.25) is 0 Å². The van der Waals surface area contributed by atoms with Gasteiger partial charge in [0.2, 0.25) is 0 Å². The Morgan fingerprint density at radius 2 is 1.83 bits per heavy atom. The average Bonchev–Trinajstić information content (AvgIpc) is 3.33. The van der Waals surface area contributed by atoms with Crippen LogP contribution < -0.4 is 14.4 Å². The molecule has 0 spiro atoms. The number of carboxylic acids is 1. The molecule has 146 valence electrons. The van der Waals surface area contributed by atoms with Crippen LogP contribution in [0.5, 0.6) is 23.0 Å². The normalized spacial score (nSPS) is 17.0. The van der Waals surface area contributed by atoms with E-state index in [1.165, 1.54) is 15.8 Å². The lowest BCUT2D eigenvalue weighted by molar-refractivity contribution is 0.0690. The van der Waals surface area contributed by atoms with Crippen LogP contribution in [0.4, 0.5) is 10.5 Å². The van der Waals surface area contributed by atoms with Gasteiger partial charge in [-0.05, 0) is 24.3 Å². The second-order valence-electron chi connectivity index (χ2n) is 6.53. The first-order valence-electron chi connectivity index (χ1n) is 8.77. The lowest BCUT2D eigenvalue weighted by atomic mass is 10.2. The molecular weight excluding hydrogens is 380 g/mol. The van der Waals surface area contributed by atoms with Gasteiger partial charge in [0, 0.05) is 6.07 Å². The Bertz CT molecular complexity index is 1130. The second-order valence-corrected chi connectivity index (χ2v) is 6.53. The maximum Gasteiger partial charge on any atom is 0.414 e. The quantitative estimate of drug-likeness (QED) is 0.562. The molecule has 2 aromatic carbocycles. The molecular formula is C19H14N4O6. The van der Waals surface area contributed by atoms with Crippen LogP contribution >= 0.6 is 0 Å². The number of hydrogen-bond acceptors (Lipinski definition) is 7. The summed E-state index contributed by atoms with van der Waals surface area (Å²) in [5.41, 5.74) is 0.433. The summed E-state index contributed by atoms with van der Waals surface area (Å²) in [5, 5.41) is 16.2. The van der Waals surface area contributed by atoms with Crippen molar-refractivity contribution in [3.05, 3.63) is 54.4 Å². The van der Waals surface area contributed by atoms with Crippen molar-refractivity contribution in [3.63, 3.8) is 0 Å². The summed E-state index contributed by atoms with van der Waals surface area (Å²) in [6, 6.07) is 12.5. The number of ether oxygens (including phenoxy) is 3. The highest BCUT2D eigenvalue weighted by molar-refractivity contribution is 5.90. The van der Waals surface area contributed by atoms with Gasteiger partial charge in [-0.1, -0.05) is 17.3 Å². The zero-order chi connectivity index (χ0) is 20.0. The van der Waals surface area contributed by atoms with Crippen LogP contribution in [0.15, 0.2) is 48.7 Å². The van der Waals surface area contributed by atoms with E-state index in [9.17, 15) is 9.59 Å². The predicted molar refractivity (Wildman–Crippen MR) is 97.6 cm³/mol. The number of amides is 1. The number of aromatic nitrogens is 3. The summed E-state index contributed by atoms with van der Waals surface area (Å²) >= 11 is 0. The molecule has 2 aliphatic rings. The lowest BCUT2D eigenvalue weighted by Crippen LogP contribution is -2.26. The summed E-state index contributed by atoms with van der Waals surface area (Å²) in [7, 11) is 0. The number of para-hydroxylation sites is 2. The molecule has 1 N–H and O–H groups in total. The Hall–Kier alpha value is -4.08. The summed E-state index contributed by atoms with van der Waals surface area (Å²) < 4.78 is 18.4. The van der Waals surface area contributed by atoms with Crippen molar-refractivity contribution < 1.29 is 28.9 Å². The third-order valence-electron chi connectivity index (χ3n) is 4.55. The molecule has 1 atom stereocenters. The molecule has 10 nitrogen and oxygen atoms in total. The van der Waals surface area contributed by atoms with E-state index in [1.807, 2.05) is 18.2 Å². The van der Waals surface area contributed by atoms with Gasteiger partial charge in [0.15, 0.2) is 28.7 Å². The number of rotatable bonds is 4. The minimum Gasteiger partial charge on any atom is -0.476 e. The number of carbonyl (C=O) groups is 2. The van der Waals surface area contributed by atoms with Crippen LogP contribution in [-0.2, 0) is 11.3 Å². The fourth-order valence-corrected chi connectivity index (χ4v) is 3.21. The molecule has 2 aliphatic heterocycles. The van der Waals surface area contributed by atoms with E-state index in [4.69, 9.17) is 19.3 Å². The number of aromatic carboxylic acids is 1. The van der Waals surface area contributed by atoms with E-state index in [-0.39, 0.29) is 18.8 Å². The van der Waals surface area contributed by atoms with Gasteiger partial charge in [0.05, 0.1) is 25.0 Å². The van der Waals surface area contributed by atoms with Crippen molar-refractivity contribution in [1.82, 2.24) is 15.0 Å². The molecule has 1 saturated heterocycles. The first-order chi connectivity index (χ1) is 14.1. The average molecular weight is 394 g/mol. The highest BCUT2D eigenvalue weighted by Gasteiger charge is 2.34. The molecule has 1 amide bonds. The fraction of sp³-hybridized carbons (Fsp3) is 0.158. The number of fused-ring (bicyclic) bond motifs is 2.